The Balaban J connectivity index is 1.78. The lowest BCUT2D eigenvalue weighted by Crippen LogP contribution is -2.07. The van der Waals surface area contributed by atoms with Gasteiger partial charge in [-0.2, -0.15) is 0 Å². The lowest BCUT2D eigenvalue weighted by Gasteiger charge is -2.14. The van der Waals surface area contributed by atoms with E-state index in [1.165, 1.54) is 19.2 Å². The summed E-state index contributed by atoms with van der Waals surface area (Å²) in [6, 6.07) is 3.88. The average molecular weight is 369 g/mol. The number of benzene rings is 1. The van der Waals surface area contributed by atoms with Gasteiger partial charge in [0.15, 0.2) is 28.5 Å². The number of anilines is 1. The van der Waals surface area contributed by atoms with Crippen molar-refractivity contribution in [1.82, 2.24) is 19.5 Å². The van der Waals surface area contributed by atoms with Crippen molar-refractivity contribution in [2.75, 3.05) is 27.1 Å². The minimum Gasteiger partial charge on any atom is -0.493 e. The molecule has 0 saturated heterocycles. The number of ether oxygens (including phenoxy) is 3. The van der Waals surface area contributed by atoms with Gasteiger partial charge >= 0.3 is 0 Å². The molecule has 0 bridgehead atoms. The highest BCUT2D eigenvalue weighted by Crippen LogP contribution is 2.39. The number of rotatable bonds is 7. The van der Waals surface area contributed by atoms with Crippen molar-refractivity contribution < 1.29 is 14.2 Å². The van der Waals surface area contributed by atoms with Gasteiger partial charge in [-0.05, 0) is 36.5 Å². The van der Waals surface area contributed by atoms with Gasteiger partial charge in [-0.3, -0.25) is 0 Å². The Bertz CT molecular complexity index is 956. The zero-order valence-electron chi connectivity index (χ0n) is 15.7. The first-order valence-electron chi connectivity index (χ1n) is 8.89. The minimum atomic E-state index is 0.403. The van der Waals surface area contributed by atoms with Crippen molar-refractivity contribution >= 4 is 17.0 Å². The molecule has 1 aliphatic carbocycles. The second kappa shape index (κ2) is 6.94. The molecule has 4 rings (SSSR count). The molecule has 1 fully saturated rings. The first kappa shape index (κ1) is 17.4. The Morgan fingerprint density at radius 1 is 1.07 bits per heavy atom. The van der Waals surface area contributed by atoms with Crippen LogP contribution in [0.4, 0.5) is 5.82 Å². The third kappa shape index (κ3) is 3.22. The summed E-state index contributed by atoms with van der Waals surface area (Å²) in [6.07, 6.45) is 4.57. The SMILES string of the molecule is COc1cc(Cc2nc3c(N)ncnc3n2CC2CC2)cc(OC)c1OC. The smallest absolute Gasteiger partial charge is 0.203 e. The van der Waals surface area contributed by atoms with E-state index in [4.69, 9.17) is 24.9 Å². The van der Waals surface area contributed by atoms with Crippen LogP contribution in [0.15, 0.2) is 18.5 Å². The molecule has 0 amide bonds. The summed E-state index contributed by atoms with van der Waals surface area (Å²) in [5.74, 6) is 3.80. The molecule has 0 aliphatic heterocycles. The Hall–Kier alpha value is -3.03. The largest absolute Gasteiger partial charge is 0.493 e. The monoisotopic (exact) mass is 369 g/mol. The molecule has 2 heterocycles. The van der Waals surface area contributed by atoms with Crippen LogP contribution in [0.25, 0.3) is 11.2 Å². The number of hydrogen-bond acceptors (Lipinski definition) is 7. The highest BCUT2D eigenvalue weighted by atomic mass is 16.5. The molecule has 27 heavy (non-hydrogen) atoms. The second-order valence-electron chi connectivity index (χ2n) is 6.72. The first-order chi connectivity index (χ1) is 13.1. The number of imidazole rings is 1. The predicted molar refractivity (Wildman–Crippen MR) is 101 cm³/mol. The van der Waals surface area contributed by atoms with E-state index in [1.807, 2.05) is 12.1 Å². The summed E-state index contributed by atoms with van der Waals surface area (Å²) < 4.78 is 18.5. The van der Waals surface area contributed by atoms with Crippen LogP contribution in [0.1, 0.15) is 24.2 Å². The summed E-state index contributed by atoms with van der Waals surface area (Å²) in [7, 11) is 4.82. The molecule has 0 unspecified atom stereocenters. The maximum atomic E-state index is 6.02. The van der Waals surface area contributed by atoms with E-state index in [1.54, 1.807) is 21.3 Å². The summed E-state index contributed by atoms with van der Waals surface area (Å²) >= 11 is 0. The Labute approximate surface area is 157 Å². The molecule has 1 aliphatic rings. The van der Waals surface area contributed by atoms with Gasteiger partial charge in [-0.1, -0.05) is 0 Å². The zero-order chi connectivity index (χ0) is 19.0. The standard InChI is InChI=1S/C19H23N5O3/c1-25-13-6-12(7-14(26-2)17(13)27-3)8-15-23-16-18(20)21-10-22-19(16)24(15)9-11-4-5-11/h6-7,10-11H,4-5,8-9H2,1-3H3,(H2,20,21,22). The predicted octanol–water partition coefficient (Wildman–Crippen LogP) is 2.44. The van der Waals surface area contributed by atoms with Crippen LogP contribution >= 0.6 is 0 Å². The van der Waals surface area contributed by atoms with Crippen LogP contribution < -0.4 is 19.9 Å². The fraction of sp³-hybridized carbons (Fsp3) is 0.421. The third-order valence-corrected chi connectivity index (χ3v) is 4.86. The van der Waals surface area contributed by atoms with Crippen molar-refractivity contribution in [1.29, 1.82) is 0 Å². The van der Waals surface area contributed by atoms with E-state index in [9.17, 15) is 0 Å². The highest BCUT2D eigenvalue weighted by Gasteiger charge is 2.25. The summed E-state index contributed by atoms with van der Waals surface area (Å²) in [5, 5.41) is 0. The molecule has 0 atom stereocenters. The number of hydrogen-bond donors (Lipinski definition) is 1. The van der Waals surface area contributed by atoms with Crippen LogP contribution in [-0.4, -0.2) is 40.8 Å². The zero-order valence-corrected chi connectivity index (χ0v) is 15.7. The molecular weight excluding hydrogens is 346 g/mol. The van der Waals surface area contributed by atoms with Crippen molar-refractivity contribution in [2.45, 2.75) is 25.8 Å². The molecular formula is C19H23N5O3. The van der Waals surface area contributed by atoms with Gasteiger partial charge in [0, 0.05) is 13.0 Å². The molecule has 8 nitrogen and oxygen atoms in total. The lowest BCUT2D eigenvalue weighted by molar-refractivity contribution is 0.324. The van der Waals surface area contributed by atoms with Crippen molar-refractivity contribution in [3.63, 3.8) is 0 Å². The number of methoxy groups -OCH3 is 3. The van der Waals surface area contributed by atoms with Gasteiger partial charge in [-0.25, -0.2) is 15.0 Å². The quantitative estimate of drug-likeness (QED) is 0.683. The van der Waals surface area contributed by atoms with Crippen molar-refractivity contribution in [3.8, 4) is 17.2 Å². The van der Waals surface area contributed by atoms with E-state index >= 15 is 0 Å². The van der Waals surface area contributed by atoms with Crippen LogP contribution in [0.2, 0.25) is 0 Å². The molecule has 2 aromatic heterocycles. The number of nitrogens with two attached hydrogens (primary N) is 1. The van der Waals surface area contributed by atoms with Crippen molar-refractivity contribution in [3.05, 3.63) is 29.8 Å². The summed E-state index contributed by atoms with van der Waals surface area (Å²) in [4.78, 5) is 13.2. The molecule has 0 spiro atoms. The fourth-order valence-electron chi connectivity index (χ4n) is 3.30. The second-order valence-corrected chi connectivity index (χ2v) is 6.72. The molecule has 142 valence electrons. The molecule has 8 heteroatoms. The molecule has 1 aromatic carbocycles. The van der Waals surface area contributed by atoms with Crippen LogP contribution in [-0.2, 0) is 13.0 Å². The van der Waals surface area contributed by atoms with Crippen LogP contribution in [0.3, 0.4) is 0 Å². The average Bonchev–Trinajstić information content (AvgIpc) is 3.44. The fourth-order valence-corrected chi connectivity index (χ4v) is 3.30. The van der Waals surface area contributed by atoms with Crippen LogP contribution in [0, 0.1) is 5.92 Å². The highest BCUT2D eigenvalue weighted by molar-refractivity contribution is 5.81. The molecule has 3 aromatic rings. The van der Waals surface area contributed by atoms with E-state index in [0.29, 0.717) is 40.9 Å². The first-order valence-corrected chi connectivity index (χ1v) is 8.89. The number of nitrogens with zero attached hydrogens (tertiary/aromatic N) is 4. The maximum absolute atomic E-state index is 6.02. The van der Waals surface area contributed by atoms with Crippen molar-refractivity contribution in [2.24, 2.45) is 5.92 Å². The van der Waals surface area contributed by atoms with Crippen LogP contribution in [0.5, 0.6) is 17.2 Å². The Morgan fingerprint density at radius 2 is 1.78 bits per heavy atom. The third-order valence-electron chi connectivity index (χ3n) is 4.86. The number of fused-ring (bicyclic) bond motifs is 1. The minimum absolute atomic E-state index is 0.403. The number of aromatic nitrogens is 4. The lowest BCUT2D eigenvalue weighted by atomic mass is 10.1. The van der Waals surface area contributed by atoms with Gasteiger partial charge in [-0.15, -0.1) is 0 Å². The number of nitrogen functional groups attached to an aromatic ring is 1. The van der Waals surface area contributed by atoms with Gasteiger partial charge in [0.1, 0.15) is 12.2 Å². The van der Waals surface area contributed by atoms with E-state index < -0.39 is 0 Å². The molecule has 1 saturated carbocycles. The van der Waals surface area contributed by atoms with Gasteiger partial charge in [0.25, 0.3) is 0 Å². The molecule has 0 radical (unpaired) electrons. The van der Waals surface area contributed by atoms with Gasteiger partial charge < -0.3 is 24.5 Å². The van der Waals surface area contributed by atoms with E-state index in [2.05, 4.69) is 14.5 Å². The van der Waals surface area contributed by atoms with Gasteiger partial charge in [0.2, 0.25) is 5.75 Å². The Kier molecular flexibility index (Phi) is 4.47. The van der Waals surface area contributed by atoms with Gasteiger partial charge in [0.05, 0.1) is 21.3 Å². The maximum Gasteiger partial charge on any atom is 0.203 e. The topological polar surface area (TPSA) is 97.3 Å². The summed E-state index contributed by atoms with van der Waals surface area (Å²) in [5.41, 5.74) is 8.47. The Morgan fingerprint density at radius 3 is 2.37 bits per heavy atom. The van der Waals surface area contributed by atoms with E-state index in [0.717, 1.165) is 23.6 Å². The molecule has 2 N–H and O–H groups in total. The normalized spacial score (nSPS) is 13.7. The summed E-state index contributed by atoms with van der Waals surface area (Å²) in [6.45, 7) is 0.896. The van der Waals surface area contributed by atoms with E-state index in [-0.39, 0.29) is 0 Å².